The molecular formula is C20H26N2O6S. The van der Waals surface area contributed by atoms with Crippen molar-refractivity contribution in [1.29, 1.82) is 0 Å². The number of allylic oxidation sites excluding steroid dienone is 2. The number of morpholine rings is 1. The largest absolute Gasteiger partial charge is 0.452 e. The molecule has 0 radical (unpaired) electrons. The number of nitrogens with zero attached hydrogens (tertiary/aromatic N) is 1. The minimum absolute atomic E-state index is 0.0934. The average molecular weight is 423 g/mol. The SMILES string of the molecule is C[C@@H](OC(=O)[C@H]1CC=CCC1)C(=O)Nc1cccc(S(=O)(=O)N2CCOCC2)c1. The summed E-state index contributed by atoms with van der Waals surface area (Å²) in [6.07, 6.45) is 5.15. The number of esters is 1. The highest BCUT2D eigenvalue weighted by Crippen LogP contribution is 2.22. The molecule has 1 aliphatic carbocycles. The summed E-state index contributed by atoms with van der Waals surface area (Å²) < 4.78 is 37.4. The zero-order valence-corrected chi connectivity index (χ0v) is 17.2. The van der Waals surface area contributed by atoms with Crippen molar-refractivity contribution < 1.29 is 27.5 Å². The van der Waals surface area contributed by atoms with Crippen molar-refractivity contribution in [3.8, 4) is 0 Å². The smallest absolute Gasteiger partial charge is 0.310 e. The van der Waals surface area contributed by atoms with E-state index in [0.29, 0.717) is 44.8 Å². The number of anilines is 1. The highest BCUT2D eigenvalue weighted by atomic mass is 32.2. The van der Waals surface area contributed by atoms with E-state index in [1.807, 2.05) is 12.2 Å². The maximum atomic E-state index is 12.8. The molecule has 1 heterocycles. The predicted octanol–water partition coefficient (Wildman–Crippen LogP) is 1.93. The third-order valence-electron chi connectivity index (χ3n) is 4.97. The van der Waals surface area contributed by atoms with Gasteiger partial charge in [-0.15, -0.1) is 0 Å². The summed E-state index contributed by atoms with van der Waals surface area (Å²) in [4.78, 5) is 24.7. The van der Waals surface area contributed by atoms with Crippen LogP contribution in [0.1, 0.15) is 26.2 Å². The van der Waals surface area contributed by atoms with E-state index in [4.69, 9.17) is 9.47 Å². The lowest BCUT2D eigenvalue weighted by Crippen LogP contribution is -2.40. The van der Waals surface area contributed by atoms with Crippen molar-refractivity contribution in [2.45, 2.75) is 37.2 Å². The number of hydrogen-bond donors (Lipinski definition) is 1. The maximum absolute atomic E-state index is 12.8. The van der Waals surface area contributed by atoms with Gasteiger partial charge >= 0.3 is 5.97 Å². The Morgan fingerprint density at radius 3 is 2.69 bits per heavy atom. The number of hydrogen-bond acceptors (Lipinski definition) is 6. The Bertz CT molecular complexity index is 877. The Morgan fingerprint density at radius 1 is 1.24 bits per heavy atom. The fourth-order valence-corrected chi connectivity index (χ4v) is 4.70. The Balaban J connectivity index is 1.62. The normalized spacial score (nSPS) is 21.3. The Morgan fingerprint density at radius 2 is 2.00 bits per heavy atom. The van der Waals surface area contributed by atoms with Gasteiger partial charge in [0.1, 0.15) is 0 Å². The van der Waals surface area contributed by atoms with Crippen molar-refractivity contribution in [3.05, 3.63) is 36.4 Å². The Kier molecular flexibility index (Phi) is 7.05. The van der Waals surface area contributed by atoms with Crippen LogP contribution in [0.15, 0.2) is 41.3 Å². The van der Waals surface area contributed by atoms with Gasteiger partial charge in [-0.2, -0.15) is 4.31 Å². The minimum atomic E-state index is -3.66. The zero-order valence-electron chi connectivity index (χ0n) is 16.4. The molecule has 2 aliphatic rings. The lowest BCUT2D eigenvalue weighted by Gasteiger charge is -2.26. The Hall–Kier alpha value is -2.23. The number of carbonyl (C=O) groups excluding carboxylic acids is 2. The van der Waals surface area contributed by atoms with E-state index < -0.39 is 22.0 Å². The number of nitrogens with one attached hydrogen (secondary N) is 1. The van der Waals surface area contributed by atoms with E-state index in [2.05, 4.69) is 5.32 Å². The quantitative estimate of drug-likeness (QED) is 0.555. The average Bonchev–Trinajstić information content (AvgIpc) is 2.75. The molecule has 8 nitrogen and oxygen atoms in total. The van der Waals surface area contributed by atoms with Crippen molar-refractivity contribution in [2.24, 2.45) is 5.92 Å². The van der Waals surface area contributed by atoms with Gasteiger partial charge in [0.25, 0.3) is 5.91 Å². The van der Waals surface area contributed by atoms with Gasteiger partial charge < -0.3 is 14.8 Å². The molecule has 158 valence electrons. The summed E-state index contributed by atoms with van der Waals surface area (Å²) >= 11 is 0. The number of benzene rings is 1. The van der Waals surface area contributed by atoms with E-state index in [0.717, 1.165) is 6.42 Å². The molecule has 1 saturated heterocycles. The lowest BCUT2D eigenvalue weighted by atomic mass is 9.95. The van der Waals surface area contributed by atoms with Crippen LogP contribution in [0.2, 0.25) is 0 Å². The Labute approximate surface area is 170 Å². The summed E-state index contributed by atoms with van der Waals surface area (Å²) in [6, 6.07) is 6.05. The van der Waals surface area contributed by atoms with Crippen LogP contribution < -0.4 is 5.32 Å². The molecule has 1 aliphatic heterocycles. The van der Waals surface area contributed by atoms with Gasteiger partial charge in [-0.25, -0.2) is 8.42 Å². The molecule has 9 heteroatoms. The first-order valence-electron chi connectivity index (χ1n) is 9.72. The molecule has 2 atom stereocenters. The number of rotatable bonds is 6. The number of amides is 1. The topological polar surface area (TPSA) is 102 Å². The van der Waals surface area contributed by atoms with Gasteiger partial charge in [0.05, 0.1) is 24.0 Å². The third-order valence-corrected chi connectivity index (χ3v) is 6.87. The van der Waals surface area contributed by atoms with Crippen molar-refractivity contribution >= 4 is 27.6 Å². The molecule has 0 aromatic heterocycles. The summed E-state index contributed by atoms with van der Waals surface area (Å²) in [5, 5.41) is 2.63. The highest BCUT2D eigenvalue weighted by molar-refractivity contribution is 7.89. The molecule has 1 N–H and O–H groups in total. The van der Waals surface area contributed by atoms with Crippen LogP contribution >= 0.6 is 0 Å². The fraction of sp³-hybridized carbons (Fsp3) is 0.500. The molecule has 1 aromatic carbocycles. The van der Waals surface area contributed by atoms with E-state index in [9.17, 15) is 18.0 Å². The number of ether oxygens (including phenoxy) is 2. The molecule has 1 fully saturated rings. The van der Waals surface area contributed by atoms with Crippen LogP contribution in [0.3, 0.4) is 0 Å². The lowest BCUT2D eigenvalue weighted by molar-refractivity contribution is -0.157. The van der Waals surface area contributed by atoms with Crippen molar-refractivity contribution in [3.63, 3.8) is 0 Å². The second-order valence-electron chi connectivity index (χ2n) is 7.09. The summed E-state index contributed by atoms with van der Waals surface area (Å²) in [5.74, 6) is -1.12. The summed E-state index contributed by atoms with van der Waals surface area (Å²) in [5.41, 5.74) is 0.327. The molecular weight excluding hydrogens is 396 g/mol. The standard InChI is InChI=1S/C20H26N2O6S/c1-15(28-20(24)16-6-3-2-4-7-16)19(23)21-17-8-5-9-18(14-17)29(25,26)22-10-12-27-13-11-22/h2-3,5,8-9,14-16H,4,6-7,10-13H2,1H3,(H,21,23)/t15-,16+/m1/s1. The fourth-order valence-electron chi connectivity index (χ4n) is 3.25. The first-order chi connectivity index (χ1) is 13.9. The zero-order chi connectivity index (χ0) is 20.9. The molecule has 0 unspecified atom stereocenters. The summed E-state index contributed by atoms with van der Waals surface area (Å²) in [6.45, 7) is 2.80. The molecule has 0 saturated carbocycles. The predicted molar refractivity (Wildman–Crippen MR) is 107 cm³/mol. The second-order valence-corrected chi connectivity index (χ2v) is 9.03. The molecule has 1 aromatic rings. The first-order valence-corrected chi connectivity index (χ1v) is 11.2. The van der Waals surface area contributed by atoms with Crippen LogP contribution in [0.5, 0.6) is 0 Å². The third kappa shape index (κ3) is 5.43. The van der Waals surface area contributed by atoms with Crippen molar-refractivity contribution in [2.75, 3.05) is 31.6 Å². The van der Waals surface area contributed by atoms with Crippen LogP contribution in [0.4, 0.5) is 5.69 Å². The van der Waals surface area contributed by atoms with Gasteiger partial charge in [0, 0.05) is 18.8 Å². The van der Waals surface area contributed by atoms with E-state index >= 15 is 0 Å². The van der Waals surface area contributed by atoms with Crippen LogP contribution in [0, 0.1) is 5.92 Å². The van der Waals surface area contributed by atoms with Gasteiger partial charge in [0.2, 0.25) is 10.0 Å². The van der Waals surface area contributed by atoms with Gasteiger partial charge in [-0.1, -0.05) is 18.2 Å². The van der Waals surface area contributed by atoms with Gasteiger partial charge in [-0.05, 0) is 44.4 Å². The van der Waals surface area contributed by atoms with Crippen LogP contribution in [-0.4, -0.2) is 57.0 Å². The number of sulfonamides is 1. The molecule has 0 spiro atoms. The molecule has 3 rings (SSSR count). The van der Waals surface area contributed by atoms with Crippen molar-refractivity contribution in [1.82, 2.24) is 4.31 Å². The molecule has 1 amide bonds. The summed E-state index contributed by atoms with van der Waals surface area (Å²) in [7, 11) is -3.66. The monoisotopic (exact) mass is 422 g/mol. The number of carbonyl (C=O) groups is 2. The van der Waals surface area contributed by atoms with Gasteiger partial charge in [0.15, 0.2) is 6.10 Å². The van der Waals surface area contributed by atoms with E-state index in [1.54, 1.807) is 12.1 Å². The van der Waals surface area contributed by atoms with Gasteiger partial charge in [-0.3, -0.25) is 9.59 Å². The van der Waals surface area contributed by atoms with E-state index in [1.165, 1.54) is 23.4 Å². The molecule has 29 heavy (non-hydrogen) atoms. The van der Waals surface area contributed by atoms with Crippen LogP contribution in [0.25, 0.3) is 0 Å². The minimum Gasteiger partial charge on any atom is -0.452 e. The first kappa shape index (κ1) is 21.5. The second kappa shape index (κ2) is 9.51. The molecule has 0 bridgehead atoms. The maximum Gasteiger partial charge on any atom is 0.310 e. The highest BCUT2D eigenvalue weighted by Gasteiger charge is 2.27. The van der Waals surface area contributed by atoms with Crippen LogP contribution in [-0.2, 0) is 29.1 Å². The van der Waals surface area contributed by atoms with E-state index in [-0.39, 0.29) is 16.8 Å².